The average molecular weight is 375 g/mol. The Morgan fingerprint density at radius 1 is 1.22 bits per heavy atom. The fraction of sp³-hybridized carbons (Fsp3) is 0.739. The predicted octanol–water partition coefficient (Wildman–Crippen LogP) is 4.84. The second-order valence-electron chi connectivity index (χ2n) is 9.45. The third kappa shape index (κ3) is 3.25. The normalized spacial score (nSPS) is 38.3. The van der Waals surface area contributed by atoms with Crippen molar-refractivity contribution in [1.82, 2.24) is 0 Å². The van der Waals surface area contributed by atoms with Crippen molar-refractivity contribution in [2.45, 2.75) is 72.8 Å². The van der Waals surface area contributed by atoms with Gasteiger partial charge in [-0.3, -0.25) is 9.59 Å². The fourth-order valence-electron chi connectivity index (χ4n) is 6.17. The Morgan fingerprint density at radius 3 is 2.52 bits per heavy atom. The average Bonchev–Trinajstić information content (AvgIpc) is 2.60. The number of methoxy groups -OCH3 is 1. The lowest BCUT2D eigenvalue weighted by Gasteiger charge is -2.57. The van der Waals surface area contributed by atoms with Crippen LogP contribution in [-0.4, -0.2) is 25.2 Å². The standard InChI is InChI=1S/C23H34O4/c1-14(2)17-12-16-8-9-20-22(4,18(16)13-19(17)27-15(3)24)10-7-11-23(20,5)21(25)26-6/h8,12,14,18-20H,7,9-11,13H2,1-6H3. The van der Waals surface area contributed by atoms with E-state index in [1.165, 1.54) is 25.2 Å². The monoisotopic (exact) mass is 374 g/mol. The van der Waals surface area contributed by atoms with Gasteiger partial charge in [-0.1, -0.05) is 39.3 Å². The lowest BCUT2D eigenvalue weighted by atomic mass is 9.46. The van der Waals surface area contributed by atoms with E-state index in [1.54, 1.807) is 0 Å². The summed E-state index contributed by atoms with van der Waals surface area (Å²) in [7, 11) is 1.50. The van der Waals surface area contributed by atoms with E-state index in [4.69, 9.17) is 9.47 Å². The number of fused-ring (bicyclic) bond motifs is 3. The Labute approximate surface area is 163 Å². The molecule has 5 unspecified atom stereocenters. The van der Waals surface area contributed by atoms with Crippen molar-refractivity contribution in [2.75, 3.05) is 7.11 Å². The van der Waals surface area contributed by atoms with Gasteiger partial charge >= 0.3 is 11.9 Å². The summed E-state index contributed by atoms with van der Waals surface area (Å²) in [6.07, 6.45) is 9.19. The molecule has 0 aromatic rings. The van der Waals surface area contributed by atoms with Crippen LogP contribution >= 0.6 is 0 Å². The summed E-state index contributed by atoms with van der Waals surface area (Å²) in [5.41, 5.74) is 2.15. The highest BCUT2D eigenvalue weighted by atomic mass is 16.5. The summed E-state index contributed by atoms with van der Waals surface area (Å²) in [5.74, 6) is 0.605. The maximum Gasteiger partial charge on any atom is 0.311 e. The second kappa shape index (κ2) is 7.10. The molecule has 0 aliphatic heterocycles. The summed E-state index contributed by atoms with van der Waals surface area (Å²) in [4.78, 5) is 24.4. The third-order valence-electron chi connectivity index (χ3n) is 7.55. The molecule has 3 aliphatic carbocycles. The molecule has 0 aromatic carbocycles. The molecular weight excluding hydrogens is 340 g/mol. The van der Waals surface area contributed by atoms with Gasteiger partial charge in [-0.05, 0) is 66.9 Å². The van der Waals surface area contributed by atoms with E-state index in [1.807, 2.05) is 0 Å². The van der Waals surface area contributed by atoms with Gasteiger partial charge < -0.3 is 9.47 Å². The van der Waals surface area contributed by atoms with Crippen molar-refractivity contribution < 1.29 is 19.1 Å². The lowest BCUT2D eigenvalue weighted by Crippen LogP contribution is -2.54. The quantitative estimate of drug-likeness (QED) is 0.664. The van der Waals surface area contributed by atoms with Crippen LogP contribution in [0.1, 0.15) is 66.7 Å². The zero-order chi connectivity index (χ0) is 20.0. The third-order valence-corrected chi connectivity index (χ3v) is 7.55. The molecule has 1 fully saturated rings. The molecule has 1 saturated carbocycles. The molecule has 0 radical (unpaired) electrons. The Bertz CT molecular complexity index is 688. The first-order valence-electron chi connectivity index (χ1n) is 10.3. The van der Waals surface area contributed by atoms with E-state index < -0.39 is 5.41 Å². The Kier molecular flexibility index (Phi) is 5.31. The first-order chi connectivity index (χ1) is 12.6. The maximum absolute atomic E-state index is 12.7. The molecule has 0 amide bonds. The molecule has 0 spiro atoms. The van der Waals surface area contributed by atoms with Crippen molar-refractivity contribution in [1.29, 1.82) is 0 Å². The van der Waals surface area contributed by atoms with E-state index in [0.29, 0.717) is 11.8 Å². The van der Waals surface area contributed by atoms with Crippen LogP contribution in [0.4, 0.5) is 0 Å². The SMILES string of the molecule is COC(=O)C1(C)CCCC2(C)C3CC(OC(C)=O)C(C(C)C)=CC3=CCC12. The minimum absolute atomic E-state index is 0.0165. The van der Waals surface area contributed by atoms with Crippen molar-refractivity contribution in [2.24, 2.45) is 28.6 Å². The van der Waals surface area contributed by atoms with Crippen molar-refractivity contribution in [3.05, 3.63) is 23.3 Å². The van der Waals surface area contributed by atoms with Crippen molar-refractivity contribution in [3.8, 4) is 0 Å². The van der Waals surface area contributed by atoms with Crippen LogP contribution in [0.3, 0.4) is 0 Å². The van der Waals surface area contributed by atoms with Gasteiger partial charge in [-0.15, -0.1) is 0 Å². The number of hydrogen-bond donors (Lipinski definition) is 0. The highest BCUT2D eigenvalue weighted by molar-refractivity contribution is 5.77. The van der Waals surface area contributed by atoms with Crippen LogP contribution < -0.4 is 0 Å². The van der Waals surface area contributed by atoms with Crippen molar-refractivity contribution in [3.63, 3.8) is 0 Å². The van der Waals surface area contributed by atoms with E-state index in [-0.39, 0.29) is 29.4 Å². The van der Waals surface area contributed by atoms with Crippen molar-refractivity contribution >= 4 is 11.9 Å². The van der Waals surface area contributed by atoms with E-state index in [9.17, 15) is 9.59 Å². The molecule has 4 heteroatoms. The fourth-order valence-corrected chi connectivity index (χ4v) is 6.17. The topological polar surface area (TPSA) is 52.6 Å². The molecule has 0 saturated heterocycles. The number of carbonyl (C=O) groups excluding carboxylic acids is 2. The van der Waals surface area contributed by atoms with Crippen LogP contribution in [0.25, 0.3) is 0 Å². The van der Waals surface area contributed by atoms with Crippen LogP contribution in [0.15, 0.2) is 23.3 Å². The Balaban J connectivity index is 2.02. The first-order valence-corrected chi connectivity index (χ1v) is 10.3. The van der Waals surface area contributed by atoms with Gasteiger partial charge in [0.05, 0.1) is 12.5 Å². The number of esters is 2. The molecule has 0 N–H and O–H groups in total. The molecule has 3 aliphatic rings. The zero-order valence-electron chi connectivity index (χ0n) is 17.6. The smallest absolute Gasteiger partial charge is 0.311 e. The summed E-state index contributed by atoms with van der Waals surface area (Å²) >= 11 is 0. The van der Waals surface area contributed by atoms with Gasteiger partial charge in [-0.25, -0.2) is 0 Å². The van der Waals surface area contributed by atoms with Gasteiger partial charge in [0.25, 0.3) is 0 Å². The number of hydrogen-bond acceptors (Lipinski definition) is 4. The molecule has 27 heavy (non-hydrogen) atoms. The highest BCUT2D eigenvalue weighted by Crippen LogP contribution is 2.62. The number of rotatable bonds is 3. The van der Waals surface area contributed by atoms with Crippen LogP contribution in [-0.2, 0) is 19.1 Å². The second-order valence-corrected chi connectivity index (χ2v) is 9.45. The molecule has 4 nitrogen and oxygen atoms in total. The summed E-state index contributed by atoms with van der Waals surface area (Å²) in [6.45, 7) is 10.2. The van der Waals surface area contributed by atoms with Crippen LogP contribution in [0.2, 0.25) is 0 Å². The minimum atomic E-state index is -0.442. The zero-order valence-corrected chi connectivity index (χ0v) is 17.6. The Morgan fingerprint density at radius 2 is 1.93 bits per heavy atom. The molecule has 0 bridgehead atoms. The summed E-state index contributed by atoms with van der Waals surface area (Å²) in [6, 6.07) is 0. The van der Waals surface area contributed by atoms with Gasteiger partial charge in [0, 0.05) is 6.92 Å². The van der Waals surface area contributed by atoms with Gasteiger partial charge in [0.2, 0.25) is 0 Å². The maximum atomic E-state index is 12.7. The molecule has 0 aromatic heterocycles. The minimum Gasteiger partial charge on any atom is -0.469 e. The van der Waals surface area contributed by atoms with Gasteiger partial charge in [0.15, 0.2) is 0 Å². The largest absolute Gasteiger partial charge is 0.469 e. The van der Waals surface area contributed by atoms with Crippen LogP contribution in [0.5, 0.6) is 0 Å². The van der Waals surface area contributed by atoms with E-state index in [2.05, 4.69) is 39.8 Å². The Hall–Kier alpha value is -1.58. The number of allylic oxidation sites excluding steroid dienone is 3. The lowest BCUT2D eigenvalue weighted by molar-refractivity contribution is -0.167. The van der Waals surface area contributed by atoms with Gasteiger partial charge in [0.1, 0.15) is 6.10 Å². The molecular formula is C23H34O4. The molecule has 0 heterocycles. The van der Waals surface area contributed by atoms with E-state index in [0.717, 1.165) is 32.1 Å². The predicted molar refractivity (Wildman–Crippen MR) is 105 cm³/mol. The summed E-state index contributed by atoms with van der Waals surface area (Å²) < 4.78 is 10.9. The van der Waals surface area contributed by atoms with Crippen LogP contribution in [0, 0.1) is 28.6 Å². The molecule has 3 rings (SSSR count). The summed E-state index contributed by atoms with van der Waals surface area (Å²) in [5, 5.41) is 0. The number of ether oxygens (including phenoxy) is 2. The number of carbonyl (C=O) groups is 2. The molecule has 150 valence electrons. The van der Waals surface area contributed by atoms with Gasteiger partial charge in [-0.2, -0.15) is 0 Å². The first kappa shape index (κ1) is 20.2. The highest BCUT2D eigenvalue weighted by Gasteiger charge is 2.58. The van der Waals surface area contributed by atoms with E-state index >= 15 is 0 Å². The molecule has 5 atom stereocenters.